The Hall–Kier alpha value is -0.0800. The Morgan fingerprint density at radius 1 is 1.12 bits per heavy atom. The molecule has 3 rings (SSSR count). The van der Waals surface area contributed by atoms with Gasteiger partial charge in [0.05, 0.1) is 12.7 Å². The molecule has 3 aliphatic carbocycles. The van der Waals surface area contributed by atoms with Gasteiger partial charge in [-0.15, -0.1) is 0 Å². The summed E-state index contributed by atoms with van der Waals surface area (Å²) in [5.41, 5.74) is 0.277. The second-order valence-electron chi connectivity index (χ2n) is 7.48. The SMILES string of the molecule is C[C@@H]1CC[C@@H](O)[C@@]2(CO)CC[C@@H]3[C@H]([C@@H]12)C3(C)C. The van der Waals surface area contributed by atoms with Crippen LogP contribution in [0.15, 0.2) is 0 Å². The summed E-state index contributed by atoms with van der Waals surface area (Å²) < 4.78 is 0. The number of aliphatic hydroxyl groups excluding tert-OH is 2. The van der Waals surface area contributed by atoms with Gasteiger partial charge in [-0.25, -0.2) is 0 Å². The highest BCUT2D eigenvalue weighted by molar-refractivity contribution is 5.17. The van der Waals surface area contributed by atoms with E-state index in [1.54, 1.807) is 0 Å². The molecular formula is C15H26O2. The van der Waals surface area contributed by atoms with Crippen molar-refractivity contribution in [2.45, 2.75) is 52.6 Å². The zero-order chi connectivity index (χ0) is 12.4. The van der Waals surface area contributed by atoms with Crippen LogP contribution in [0, 0.1) is 34.5 Å². The van der Waals surface area contributed by atoms with Gasteiger partial charge in [0.25, 0.3) is 0 Å². The molecular weight excluding hydrogens is 212 g/mol. The fourth-order valence-corrected chi connectivity index (χ4v) is 5.49. The first kappa shape index (κ1) is 12.0. The van der Waals surface area contributed by atoms with Crippen molar-refractivity contribution < 1.29 is 10.2 Å². The molecule has 3 fully saturated rings. The van der Waals surface area contributed by atoms with Crippen LogP contribution in [0.2, 0.25) is 0 Å². The standard InChI is InChI=1S/C15H26O2/c1-9-4-5-11(17)15(8-16)7-6-10-13(12(9)15)14(10,2)3/h9-13,16-17H,4-8H2,1-3H3/t9-,10-,11-,12-,13-,15+/m1/s1. The van der Waals surface area contributed by atoms with Crippen LogP contribution in [-0.4, -0.2) is 22.9 Å². The van der Waals surface area contributed by atoms with Crippen LogP contribution in [0.5, 0.6) is 0 Å². The lowest BCUT2D eigenvalue weighted by Gasteiger charge is -2.52. The summed E-state index contributed by atoms with van der Waals surface area (Å²) in [6, 6.07) is 0. The Bertz CT molecular complexity index is 325. The van der Waals surface area contributed by atoms with Crippen molar-refractivity contribution in [1.29, 1.82) is 0 Å². The molecule has 0 bridgehead atoms. The van der Waals surface area contributed by atoms with E-state index in [1.807, 2.05) is 0 Å². The van der Waals surface area contributed by atoms with E-state index in [2.05, 4.69) is 20.8 Å². The topological polar surface area (TPSA) is 40.5 Å². The molecule has 17 heavy (non-hydrogen) atoms. The normalized spacial score (nSPS) is 55.9. The van der Waals surface area contributed by atoms with E-state index in [1.165, 1.54) is 6.42 Å². The van der Waals surface area contributed by atoms with E-state index in [0.717, 1.165) is 31.1 Å². The molecule has 0 spiro atoms. The van der Waals surface area contributed by atoms with Gasteiger partial charge in [0, 0.05) is 5.41 Å². The Morgan fingerprint density at radius 2 is 1.82 bits per heavy atom. The van der Waals surface area contributed by atoms with Crippen molar-refractivity contribution in [3.8, 4) is 0 Å². The number of hydrogen-bond donors (Lipinski definition) is 2. The molecule has 98 valence electrons. The van der Waals surface area contributed by atoms with E-state index >= 15 is 0 Å². The number of fused-ring (bicyclic) bond motifs is 3. The number of hydrogen-bond acceptors (Lipinski definition) is 2. The first-order valence-electron chi connectivity index (χ1n) is 7.24. The third-order valence-electron chi connectivity index (χ3n) is 6.58. The molecule has 2 heteroatoms. The van der Waals surface area contributed by atoms with Crippen molar-refractivity contribution in [2.75, 3.05) is 6.61 Å². The zero-order valence-electron chi connectivity index (χ0n) is 11.3. The van der Waals surface area contributed by atoms with E-state index < -0.39 is 0 Å². The molecule has 3 saturated carbocycles. The van der Waals surface area contributed by atoms with Crippen LogP contribution in [0.1, 0.15) is 46.5 Å². The third-order valence-corrected chi connectivity index (χ3v) is 6.58. The van der Waals surface area contributed by atoms with Gasteiger partial charge in [0.1, 0.15) is 0 Å². The maximum absolute atomic E-state index is 10.4. The smallest absolute Gasteiger partial charge is 0.0621 e. The van der Waals surface area contributed by atoms with Gasteiger partial charge < -0.3 is 10.2 Å². The van der Waals surface area contributed by atoms with Crippen LogP contribution in [0.4, 0.5) is 0 Å². The molecule has 0 unspecified atom stereocenters. The fraction of sp³-hybridized carbons (Fsp3) is 1.00. The van der Waals surface area contributed by atoms with Gasteiger partial charge >= 0.3 is 0 Å². The molecule has 0 heterocycles. The van der Waals surface area contributed by atoms with Gasteiger partial charge in [-0.05, 0) is 54.8 Å². The van der Waals surface area contributed by atoms with Crippen molar-refractivity contribution in [2.24, 2.45) is 34.5 Å². The average Bonchev–Trinajstić information content (AvgIpc) is 2.86. The molecule has 2 N–H and O–H groups in total. The fourth-order valence-electron chi connectivity index (χ4n) is 5.49. The first-order chi connectivity index (χ1) is 7.95. The van der Waals surface area contributed by atoms with E-state index in [4.69, 9.17) is 0 Å². The molecule has 0 saturated heterocycles. The lowest BCUT2D eigenvalue weighted by Crippen LogP contribution is -2.53. The van der Waals surface area contributed by atoms with E-state index in [0.29, 0.717) is 17.3 Å². The van der Waals surface area contributed by atoms with E-state index in [9.17, 15) is 10.2 Å². The lowest BCUT2D eigenvalue weighted by molar-refractivity contribution is -0.132. The summed E-state index contributed by atoms with van der Waals surface area (Å²) in [6.07, 6.45) is 3.98. The quantitative estimate of drug-likeness (QED) is 0.736. The van der Waals surface area contributed by atoms with Crippen LogP contribution in [0.25, 0.3) is 0 Å². The molecule has 2 nitrogen and oxygen atoms in total. The predicted octanol–water partition coefficient (Wildman–Crippen LogP) is 2.44. The summed E-state index contributed by atoms with van der Waals surface area (Å²) in [5.74, 6) is 2.80. The third kappa shape index (κ3) is 1.34. The van der Waals surface area contributed by atoms with Crippen LogP contribution in [0.3, 0.4) is 0 Å². The summed E-state index contributed by atoms with van der Waals surface area (Å²) in [7, 11) is 0. The minimum Gasteiger partial charge on any atom is -0.396 e. The maximum atomic E-state index is 10.4. The van der Waals surface area contributed by atoms with Gasteiger partial charge in [-0.1, -0.05) is 20.8 Å². The van der Waals surface area contributed by atoms with Crippen molar-refractivity contribution in [3.05, 3.63) is 0 Å². The largest absolute Gasteiger partial charge is 0.396 e. The van der Waals surface area contributed by atoms with Gasteiger partial charge in [-0.3, -0.25) is 0 Å². The molecule has 3 aliphatic rings. The van der Waals surface area contributed by atoms with Crippen LogP contribution < -0.4 is 0 Å². The van der Waals surface area contributed by atoms with Crippen molar-refractivity contribution >= 4 is 0 Å². The highest BCUT2D eigenvalue weighted by atomic mass is 16.3. The Morgan fingerprint density at radius 3 is 2.47 bits per heavy atom. The zero-order valence-corrected chi connectivity index (χ0v) is 11.3. The summed E-state index contributed by atoms with van der Waals surface area (Å²) in [5, 5.41) is 20.3. The summed E-state index contributed by atoms with van der Waals surface area (Å²) in [4.78, 5) is 0. The summed E-state index contributed by atoms with van der Waals surface area (Å²) in [6.45, 7) is 7.27. The Balaban J connectivity index is 1.97. The van der Waals surface area contributed by atoms with Crippen LogP contribution >= 0.6 is 0 Å². The minimum atomic E-state index is -0.272. The highest BCUT2D eigenvalue weighted by Crippen LogP contribution is 2.73. The molecule has 0 aromatic carbocycles. The highest BCUT2D eigenvalue weighted by Gasteiger charge is 2.69. The second-order valence-corrected chi connectivity index (χ2v) is 7.48. The Kier molecular flexibility index (Phi) is 2.45. The lowest BCUT2D eigenvalue weighted by atomic mass is 9.54. The molecule has 0 aromatic heterocycles. The van der Waals surface area contributed by atoms with Crippen molar-refractivity contribution in [3.63, 3.8) is 0 Å². The molecule has 0 aliphatic heterocycles. The number of aliphatic hydroxyl groups is 2. The predicted molar refractivity (Wildman–Crippen MR) is 67.4 cm³/mol. The first-order valence-corrected chi connectivity index (χ1v) is 7.24. The summed E-state index contributed by atoms with van der Waals surface area (Å²) >= 11 is 0. The van der Waals surface area contributed by atoms with Crippen LogP contribution in [-0.2, 0) is 0 Å². The minimum absolute atomic E-state index is 0.174. The van der Waals surface area contributed by atoms with Gasteiger partial charge in [0.15, 0.2) is 0 Å². The van der Waals surface area contributed by atoms with Crippen molar-refractivity contribution in [1.82, 2.24) is 0 Å². The van der Waals surface area contributed by atoms with Gasteiger partial charge in [-0.2, -0.15) is 0 Å². The monoisotopic (exact) mass is 238 g/mol. The second kappa shape index (κ2) is 3.48. The maximum Gasteiger partial charge on any atom is 0.0621 e. The average molecular weight is 238 g/mol. The molecule has 0 aromatic rings. The van der Waals surface area contributed by atoms with E-state index in [-0.39, 0.29) is 18.1 Å². The number of rotatable bonds is 1. The Labute approximate surface area is 104 Å². The van der Waals surface area contributed by atoms with Gasteiger partial charge in [0.2, 0.25) is 0 Å². The molecule has 6 atom stereocenters. The molecule has 0 amide bonds. The molecule has 0 radical (unpaired) electrons.